The molecule has 1 saturated heterocycles. The second kappa shape index (κ2) is 10.4. The first kappa shape index (κ1) is 27.1. The van der Waals surface area contributed by atoms with Crippen molar-refractivity contribution in [3.8, 4) is 23.2 Å². The molecule has 0 amide bonds. The number of halogens is 3. The SMILES string of the molecule is CC(O)c1cc(O[C@H]2CC[C@@H](N3CC(CC#N)(n4cc(-c5ncnc6[nH]ccc56)cn4)C3)CC2)nc(C(F)(F)F)n1. The zero-order valence-electron chi connectivity index (χ0n) is 22.2. The van der Waals surface area contributed by atoms with Gasteiger partial charge in [0.05, 0.1) is 36.2 Å². The van der Waals surface area contributed by atoms with Gasteiger partial charge in [-0.3, -0.25) is 9.58 Å². The highest BCUT2D eigenvalue weighted by Gasteiger charge is 2.48. The maximum atomic E-state index is 13.3. The Balaban J connectivity index is 1.10. The largest absolute Gasteiger partial charge is 0.474 e. The first-order valence-corrected chi connectivity index (χ1v) is 13.4. The molecule has 1 aliphatic heterocycles. The molecule has 0 bridgehead atoms. The molecule has 1 unspecified atom stereocenters. The van der Waals surface area contributed by atoms with Crippen LogP contribution >= 0.6 is 0 Å². The molecule has 1 atom stereocenters. The Morgan fingerprint density at radius 2 is 2.00 bits per heavy atom. The number of nitriles is 1. The Morgan fingerprint density at radius 3 is 2.71 bits per heavy atom. The van der Waals surface area contributed by atoms with Crippen molar-refractivity contribution in [1.82, 2.24) is 39.6 Å². The van der Waals surface area contributed by atoms with E-state index in [4.69, 9.17) is 4.74 Å². The lowest BCUT2D eigenvalue weighted by atomic mass is 9.82. The number of likely N-dealkylation sites (tertiary alicyclic amines) is 1. The van der Waals surface area contributed by atoms with Gasteiger partial charge in [0.1, 0.15) is 23.6 Å². The van der Waals surface area contributed by atoms with E-state index in [9.17, 15) is 23.5 Å². The van der Waals surface area contributed by atoms with E-state index in [1.165, 1.54) is 19.3 Å². The third kappa shape index (κ3) is 5.22. The van der Waals surface area contributed by atoms with Crippen molar-refractivity contribution in [3.05, 3.63) is 48.6 Å². The monoisotopic (exact) mass is 567 g/mol. The summed E-state index contributed by atoms with van der Waals surface area (Å²) in [6.45, 7) is 2.68. The van der Waals surface area contributed by atoms with Crippen LogP contribution in [0.3, 0.4) is 0 Å². The first-order valence-electron chi connectivity index (χ1n) is 13.4. The van der Waals surface area contributed by atoms with E-state index in [1.54, 1.807) is 6.20 Å². The van der Waals surface area contributed by atoms with E-state index < -0.39 is 23.6 Å². The molecule has 14 heteroatoms. The summed E-state index contributed by atoms with van der Waals surface area (Å²) in [6.07, 6.45) is 4.00. The summed E-state index contributed by atoms with van der Waals surface area (Å²) < 4.78 is 47.5. The second-order valence-corrected chi connectivity index (χ2v) is 10.8. The predicted octanol–water partition coefficient (Wildman–Crippen LogP) is 4.00. The molecule has 2 fully saturated rings. The number of ether oxygens (including phenoxy) is 1. The molecule has 4 aromatic heterocycles. The van der Waals surface area contributed by atoms with Gasteiger partial charge in [0.15, 0.2) is 0 Å². The van der Waals surface area contributed by atoms with Gasteiger partial charge in [-0.05, 0) is 38.7 Å². The van der Waals surface area contributed by atoms with Crippen LogP contribution in [0.15, 0.2) is 37.1 Å². The number of hydrogen-bond acceptors (Lipinski definition) is 9. The van der Waals surface area contributed by atoms with E-state index in [0.717, 1.165) is 35.1 Å². The molecule has 0 spiro atoms. The lowest BCUT2D eigenvalue weighted by molar-refractivity contribution is -0.145. The van der Waals surface area contributed by atoms with Crippen LogP contribution in [0.1, 0.15) is 56.7 Å². The van der Waals surface area contributed by atoms with Crippen LogP contribution in [-0.4, -0.2) is 69.9 Å². The second-order valence-electron chi connectivity index (χ2n) is 10.8. The molecule has 0 radical (unpaired) electrons. The highest BCUT2D eigenvalue weighted by molar-refractivity contribution is 5.90. The third-order valence-corrected chi connectivity index (χ3v) is 7.95. The van der Waals surface area contributed by atoms with Gasteiger partial charge in [-0.2, -0.15) is 28.5 Å². The Hall–Kier alpha value is -4.09. The molecule has 214 valence electrons. The zero-order chi connectivity index (χ0) is 28.8. The number of H-pyrrole nitrogens is 1. The number of aromatic amines is 1. The van der Waals surface area contributed by atoms with Crippen molar-refractivity contribution >= 4 is 11.0 Å². The molecule has 1 saturated carbocycles. The van der Waals surface area contributed by atoms with E-state index in [2.05, 4.69) is 41.0 Å². The minimum absolute atomic E-state index is 0.135. The summed E-state index contributed by atoms with van der Waals surface area (Å²) in [4.78, 5) is 21.1. The Kier molecular flexibility index (Phi) is 6.87. The van der Waals surface area contributed by atoms with Gasteiger partial charge in [0.2, 0.25) is 11.7 Å². The summed E-state index contributed by atoms with van der Waals surface area (Å²) >= 11 is 0. The van der Waals surface area contributed by atoms with Gasteiger partial charge >= 0.3 is 6.18 Å². The lowest BCUT2D eigenvalue weighted by Crippen LogP contribution is -2.65. The number of nitrogens with one attached hydrogen (secondary N) is 1. The van der Waals surface area contributed by atoms with Gasteiger partial charge in [-0.15, -0.1) is 0 Å². The summed E-state index contributed by atoms with van der Waals surface area (Å²) in [5.41, 5.74) is 1.78. The highest BCUT2D eigenvalue weighted by Crippen LogP contribution is 2.39. The minimum atomic E-state index is -4.74. The zero-order valence-corrected chi connectivity index (χ0v) is 22.2. The predicted molar refractivity (Wildman–Crippen MR) is 139 cm³/mol. The molecule has 2 N–H and O–H groups in total. The van der Waals surface area contributed by atoms with Crippen molar-refractivity contribution in [1.29, 1.82) is 5.26 Å². The van der Waals surface area contributed by atoms with E-state index in [0.29, 0.717) is 32.4 Å². The maximum Gasteiger partial charge on any atom is 0.451 e. The van der Waals surface area contributed by atoms with Crippen LogP contribution < -0.4 is 4.74 Å². The van der Waals surface area contributed by atoms with Crippen LogP contribution in [0.2, 0.25) is 0 Å². The van der Waals surface area contributed by atoms with Crippen molar-refractivity contribution in [2.24, 2.45) is 0 Å². The highest BCUT2D eigenvalue weighted by atomic mass is 19.4. The Labute approximate surface area is 233 Å². The van der Waals surface area contributed by atoms with Gasteiger partial charge in [0, 0.05) is 48.5 Å². The number of fused-ring (bicyclic) bond motifs is 1. The van der Waals surface area contributed by atoms with Crippen molar-refractivity contribution in [2.45, 2.75) is 69.0 Å². The first-order chi connectivity index (χ1) is 19.6. The van der Waals surface area contributed by atoms with Gasteiger partial charge in [-0.25, -0.2) is 15.0 Å². The van der Waals surface area contributed by atoms with Gasteiger partial charge < -0.3 is 14.8 Å². The summed E-state index contributed by atoms with van der Waals surface area (Å²) in [7, 11) is 0. The van der Waals surface area contributed by atoms with Crippen LogP contribution in [0.4, 0.5) is 13.2 Å². The number of aliphatic hydroxyl groups excluding tert-OH is 1. The lowest BCUT2D eigenvalue weighted by Gasteiger charge is -2.53. The topological polar surface area (TPSA) is 142 Å². The fourth-order valence-corrected chi connectivity index (χ4v) is 5.80. The third-order valence-electron chi connectivity index (χ3n) is 7.95. The van der Waals surface area contributed by atoms with Crippen LogP contribution in [0.25, 0.3) is 22.3 Å². The normalized spacial score (nSPS) is 21.8. The molecule has 41 heavy (non-hydrogen) atoms. The van der Waals surface area contributed by atoms with Crippen LogP contribution in [-0.2, 0) is 11.7 Å². The average molecular weight is 568 g/mol. The Morgan fingerprint density at radius 1 is 1.22 bits per heavy atom. The Bertz CT molecular complexity index is 1580. The number of nitrogens with zero attached hydrogens (tertiary/aromatic N) is 8. The number of rotatable bonds is 7. The van der Waals surface area contributed by atoms with Crippen LogP contribution in [0, 0.1) is 11.3 Å². The van der Waals surface area contributed by atoms with Crippen molar-refractivity contribution in [2.75, 3.05) is 13.1 Å². The van der Waals surface area contributed by atoms with Crippen molar-refractivity contribution in [3.63, 3.8) is 0 Å². The fourth-order valence-electron chi connectivity index (χ4n) is 5.80. The quantitative estimate of drug-likeness (QED) is 0.339. The van der Waals surface area contributed by atoms with Gasteiger partial charge in [-0.1, -0.05) is 0 Å². The molecule has 5 heterocycles. The summed E-state index contributed by atoms with van der Waals surface area (Å²) in [5.74, 6) is -1.51. The smallest absolute Gasteiger partial charge is 0.451 e. The van der Waals surface area contributed by atoms with Crippen LogP contribution in [0.5, 0.6) is 5.88 Å². The molecule has 1 aliphatic carbocycles. The molecule has 6 rings (SSSR count). The molecular weight excluding hydrogens is 539 g/mol. The number of aliphatic hydroxyl groups is 1. The molecular formula is C27H28F3N9O2. The van der Waals surface area contributed by atoms with E-state index >= 15 is 0 Å². The molecule has 2 aliphatic rings. The van der Waals surface area contributed by atoms with Gasteiger partial charge in [0.25, 0.3) is 0 Å². The number of aromatic nitrogens is 7. The molecule has 4 aromatic rings. The van der Waals surface area contributed by atoms with Crippen molar-refractivity contribution < 1.29 is 23.0 Å². The maximum absolute atomic E-state index is 13.3. The minimum Gasteiger partial charge on any atom is -0.474 e. The van der Waals surface area contributed by atoms with E-state index in [-0.39, 0.29) is 23.7 Å². The average Bonchev–Trinajstić information content (AvgIpc) is 3.61. The van der Waals surface area contributed by atoms with E-state index in [1.807, 2.05) is 23.1 Å². The molecule has 11 nitrogen and oxygen atoms in total. The summed E-state index contributed by atoms with van der Waals surface area (Å²) in [5, 5.41) is 24.9. The summed E-state index contributed by atoms with van der Waals surface area (Å²) in [6, 6.07) is 5.77. The standard InChI is InChI=1S/C27H28F3N9O2/c1-16(40)21-10-22(37-25(36-21)27(28,29)30)41-19-4-2-18(3-5-19)38-13-26(14-38,7-8-31)39-12-17(11-35-39)23-20-6-9-32-24(20)34-15-33-23/h6,9-12,15-16,18-19,40H,2-5,7,13-14H2,1H3,(H,32,33,34)/t16?,18-,19+. The number of alkyl halides is 3. The number of hydrogen-bond donors (Lipinski definition) is 2. The molecule has 0 aromatic carbocycles. The fraction of sp³-hybridized carbons (Fsp3) is 0.481.